The first-order valence-corrected chi connectivity index (χ1v) is 5.29. The van der Waals surface area contributed by atoms with Gasteiger partial charge in [0.25, 0.3) is 0 Å². The number of nitrogens with one attached hydrogen (secondary N) is 2. The predicted molar refractivity (Wildman–Crippen MR) is 63.6 cm³/mol. The highest BCUT2D eigenvalue weighted by Gasteiger charge is 2.05. The number of anilines is 1. The van der Waals surface area contributed by atoms with Crippen molar-refractivity contribution in [3.05, 3.63) is 29.6 Å². The molecule has 0 radical (unpaired) electrons. The van der Waals surface area contributed by atoms with Crippen LogP contribution in [0.5, 0.6) is 0 Å². The van der Waals surface area contributed by atoms with Crippen molar-refractivity contribution in [3.8, 4) is 0 Å². The van der Waals surface area contributed by atoms with Crippen LogP contribution in [0.1, 0.15) is 24.2 Å². The average Bonchev–Trinajstić information content (AvgIpc) is 2.25. The zero-order valence-electron chi connectivity index (χ0n) is 9.84. The van der Waals surface area contributed by atoms with Gasteiger partial charge in [-0.3, -0.25) is 9.59 Å². The summed E-state index contributed by atoms with van der Waals surface area (Å²) in [6.45, 7) is 3.64. The van der Waals surface area contributed by atoms with E-state index in [-0.39, 0.29) is 17.4 Å². The molecule has 92 valence electrons. The second kappa shape index (κ2) is 5.98. The molecule has 2 N–H and O–H groups in total. The molecule has 0 aliphatic carbocycles. The Hall–Kier alpha value is -1.91. The monoisotopic (exact) mass is 238 g/mol. The molecule has 0 aliphatic rings. The number of carbonyl (C=O) groups excluding carboxylic acids is 2. The summed E-state index contributed by atoms with van der Waals surface area (Å²) < 4.78 is 13.4. The molecule has 0 saturated heterocycles. The zero-order valence-corrected chi connectivity index (χ0v) is 9.84. The third-order valence-corrected chi connectivity index (χ3v) is 2.19. The largest absolute Gasteiger partial charge is 0.381 e. The van der Waals surface area contributed by atoms with Gasteiger partial charge in [-0.1, -0.05) is 0 Å². The van der Waals surface area contributed by atoms with Crippen molar-refractivity contribution in [2.45, 2.75) is 13.8 Å². The first kappa shape index (κ1) is 13.2. The molecule has 0 atom stereocenters. The Bertz CT molecular complexity index is 433. The maximum atomic E-state index is 13.4. The molecule has 1 aromatic rings. The van der Waals surface area contributed by atoms with Gasteiger partial charge in [0.1, 0.15) is 5.82 Å². The first-order valence-electron chi connectivity index (χ1n) is 5.29. The predicted octanol–water partition coefficient (Wildman–Crippen LogP) is 1.58. The van der Waals surface area contributed by atoms with Gasteiger partial charge < -0.3 is 10.6 Å². The van der Waals surface area contributed by atoms with E-state index in [0.29, 0.717) is 18.7 Å². The molecule has 0 bridgehead atoms. The molecule has 0 aliphatic heterocycles. The molecule has 1 aromatic carbocycles. The van der Waals surface area contributed by atoms with Crippen LogP contribution >= 0.6 is 0 Å². The summed E-state index contributed by atoms with van der Waals surface area (Å²) >= 11 is 0. The van der Waals surface area contributed by atoms with Crippen molar-refractivity contribution in [3.63, 3.8) is 0 Å². The smallest absolute Gasteiger partial charge is 0.216 e. The number of Topliss-reactive ketones (excluding diaryl/α,β-unsaturated/α-hetero) is 1. The van der Waals surface area contributed by atoms with Crippen LogP contribution in [0.3, 0.4) is 0 Å². The van der Waals surface area contributed by atoms with Gasteiger partial charge in [-0.2, -0.15) is 0 Å². The first-order chi connectivity index (χ1) is 8.00. The van der Waals surface area contributed by atoms with E-state index in [1.165, 1.54) is 32.0 Å². The molecule has 0 saturated carbocycles. The molecular formula is C12H15FN2O2. The van der Waals surface area contributed by atoms with Crippen LogP contribution in [0.2, 0.25) is 0 Å². The Kier molecular flexibility index (Phi) is 4.63. The number of rotatable bonds is 5. The second-order valence-electron chi connectivity index (χ2n) is 3.66. The van der Waals surface area contributed by atoms with Crippen LogP contribution in [0.25, 0.3) is 0 Å². The van der Waals surface area contributed by atoms with Crippen LogP contribution in [0, 0.1) is 5.82 Å². The van der Waals surface area contributed by atoms with E-state index >= 15 is 0 Å². The Morgan fingerprint density at radius 2 is 1.94 bits per heavy atom. The Morgan fingerprint density at radius 1 is 1.24 bits per heavy atom. The Labute approximate surface area is 99.2 Å². The van der Waals surface area contributed by atoms with Crippen molar-refractivity contribution >= 4 is 17.4 Å². The summed E-state index contributed by atoms with van der Waals surface area (Å²) in [7, 11) is 0. The zero-order chi connectivity index (χ0) is 12.8. The van der Waals surface area contributed by atoms with Crippen molar-refractivity contribution < 1.29 is 14.0 Å². The highest BCUT2D eigenvalue weighted by molar-refractivity contribution is 5.94. The number of ketones is 1. The molecule has 1 rings (SSSR count). The summed E-state index contributed by atoms with van der Waals surface area (Å²) in [6.07, 6.45) is 0. The third-order valence-electron chi connectivity index (χ3n) is 2.19. The SMILES string of the molecule is CC(=O)NCCNc1cc(C(C)=O)ccc1F. The summed E-state index contributed by atoms with van der Waals surface area (Å²) in [5.41, 5.74) is 0.719. The molecule has 4 nitrogen and oxygen atoms in total. The third kappa shape index (κ3) is 4.22. The number of carbonyl (C=O) groups is 2. The lowest BCUT2D eigenvalue weighted by Crippen LogP contribution is -2.26. The summed E-state index contributed by atoms with van der Waals surface area (Å²) in [5, 5.41) is 5.40. The van der Waals surface area contributed by atoms with E-state index in [0.717, 1.165) is 0 Å². The summed E-state index contributed by atoms with van der Waals surface area (Å²) in [6, 6.07) is 4.15. The number of hydrogen-bond acceptors (Lipinski definition) is 3. The fourth-order valence-corrected chi connectivity index (χ4v) is 1.32. The topological polar surface area (TPSA) is 58.2 Å². The van der Waals surface area contributed by atoms with E-state index in [1.54, 1.807) is 0 Å². The number of halogens is 1. The van der Waals surface area contributed by atoms with Gasteiger partial charge in [0, 0.05) is 25.6 Å². The van der Waals surface area contributed by atoms with Crippen molar-refractivity contribution in [2.75, 3.05) is 18.4 Å². The van der Waals surface area contributed by atoms with Crippen LogP contribution < -0.4 is 10.6 Å². The average molecular weight is 238 g/mol. The highest BCUT2D eigenvalue weighted by Crippen LogP contribution is 2.16. The lowest BCUT2D eigenvalue weighted by atomic mass is 10.1. The van der Waals surface area contributed by atoms with E-state index < -0.39 is 5.82 Å². The van der Waals surface area contributed by atoms with Crippen LogP contribution in [0.15, 0.2) is 18.2 Å². The van der Waals surface area contributed by atoms with Crippen LogP contribution in [-0.2, 0) is 4.79 Å². The Morgan fingerprint density at radius 3 is 2.53 bits per heavy atom. The normalized spacial score (nSPS) is 9.82. The maximum absolute atomic E-state index is 13.4. The standard InChI is InChI=1S/C12H15FN2O2/c1-8(16)10-3-4-11(13)12(7-10)15-6-5-14-9(2)17/h3-4,7,15H,5-6H2,1-2H3,(H,14,17). The fourth-order valence-electron chi connectivity index (χ4n) is 1.32. The van der Waals surface area contributed by atoms with Gasteiger partial charge in [-0.25, -0.2) is 4.39 Å². The van der Waals surface area contributed by atoms with Gasteiger partial charge in [0.2, 0.25) is 5.91 Å². The van der Waals surface area contributed by atoms with Crippen LogP contribution in [0.4, 0.5) is 10.1 Å². The van der Waals surface area contributed by atoms with Gasteiger partial charge in [0.05, 0.1) is 5.69 Å². The Balaban J connectivity index is 2.60. The highest BCUT2D eigenvalue weighted by atomic mass is 19.1. The quantitative estimate of drug-likeness (QED) is 0.604. The van der Waals surface area contributed by atoms with Crippen molar-refractivity contribution in [1.82, 2.24) is 5.32 Å². The molecule has 17 heavy (non-hydrogen) atoms. The van der Waals surface area contributed by atoms with E-state index in [1.807, 2.05) is 0 Å². The number of hydrogen-bond donors (Lipinski definition) is 2. The van der Waals surface area contributed by atoms with Crippen molar-refractivity contribution in [1.29, 1.82) is 0 Å². The van der Waals surface area contributed by atoms with Gasteiger partial charge in [0.15, 0.2) is 5.78 Å². The van der Waals surface area contributed by atoms with Gasteiger partial charge >= 0.3 is 0 Å². The number of amides is 1. The maximum Gasteiger partial charge on any atom is 0.216 e. The second-order valence-corrected chi connectivity index (χ2v) is 3.66. The fraction of sp³-hybridized carbons (Fsp3) is 0.333. The molecule has 0 aromatic heterocycles. The van der Waals surface area contributed by atoms with Gasteiger partial charge in [-0.05, 0) is 25.1 Å². The lowest BCUT2D eigenvalue weighted by Gasteiger charge is -2.09. The summed E-state index contributed by atoms with van der Waals surface area (Å²) in [4.78, 5) is 21.7. The van der Waals surface area contributed by atoms with Crippen molar-refractivity contribution in [2.24, 2.45) is 0 Å². The summed E-state index contributed by atoms with van der Waals surface area (Å²) in [5.74, 6) is -0.669. The van der Waals surface area contributed by atoms with E-state index in [2.05, 4.69) is 10.6 Å². The number of benzene rings is 1. The lowest BCUT2D eigenvalue weighted by molar-refractivity contribution is -0.118. The van der Waals surface area contributed by atoms with E-state index in [9.17, 15) is 14.0 Å². The minimum absolute atomic E-state index is 0.116. The molecule has 0 unspecified atom stereocenters. The molecule has 0 fully saturated rings. The molecule has 1 amide bonds. The molecule has 0 spiro atoms. The minimum atomic E-state index is -0.419. The van der Waals surface area contributed by atoms with Gasteiger partial charge in [-0.15, -0.1) is 0 Å². The molecule has 5 heteroatoms. The molecular weight excluding hydrogens is 223 g/mol. The van der Waals surface area contributed by atoms with E-state index in [4.69, 9.17) is 0 Å². The minimum Gasteiger partial charge on any atom is -0.381 e. The molecule has 0 heterocycles. The van der Waals surface area contributed by atoms with Crippen LogP contribution in [-0.4, -0.2) is 24.8 Å².